The third-order valence-corrected chi connectivity index (χ3v) is 6.90. The molecule has 0 aromatic heterocycles. The number of hydrogen-bond acceptors (Lipinski definition) is 8. The zero-order valence-electron chi connectivity index (χ0n) is 25.5. The van der Waals surface area contributed by atoms with Crippen molar-refractivity contribution in [1.29, 1.82) is 10.7 Å². The Hall–Kier alpha value is -4.59. The van der Waals surface area contributed by atoms with Gasteiger partial charge in [0.1, 0.15) is 11.6 Å². The number of Topliss-reactive ketones (excluding diaryl/α,β-unsaturated/α-hetero) is 1. The maximum Gasteiger partial charge on any atom is 0.303 e. The minimum Gasteiger partial charge on any atom is -0.493 e. The minimum atomic E-state index is -0.930. The largest absolute Gasteiger partial charge is 0.493 e. The molecule has 3 N–H and O–H groups in total. The highest BCUT2D eigenvalue weighted by Gasteiger charge is 2.31. The van der Waals surface area contributed by atoms with Crippen LogP contribution in [0.25, 0.3) is 0 Å². The summed E-state index contributed by atoms with van der Waals surface area (Å²) in [4.78, 5) is 38.8. The number of fused-ring (bicyclic) bond motifs is 1. The highest BCUT2D eigenvalue weighted by atomic mass is 16.5. The van der Waals surface area contributed by atoms with Crippen LogP contribution < -0.4 is 19.5 Å². The highest BCUT2D eigenvalue weighted by molar-refractivity contribution is 6.07. The summed E-state index contributed by atoms with van der Waals surface area (Å²) in [6.45, 7) is 8.77. The number of carbonyl (C=O) groups is 3. The molecule has 11 nitrogen and oxygen atoms in total. The number of nitrogens with one attached hydrogen (secondary N) is 2. The fraction of sp³-hybridized carbons (Fsp3) is 0.469. The Balaban J connectivity index is 1.93. The number of amidine groups is 1. The number of amides is 1. The van der Waals surface area contributed by atoms with E-state index in [4.69, 9.17) is 30.0 Å². The quantitative estimate of drug-likeness (QED) is 0.197. The number of nitriles is 1. The Morgan fingerprint density at radius 3 is 2.42 bits per heavy atom. The minimum absolute atomic E-state index is 0.0621. The van der Waals surface area contributed by atoms with E-state index in [0.717, 1.165) is 11.1 Å². The molecule has 2 aromatic rings. The molecule has 1 aliphatic heterocycles. The predicted octanol–water partition coefficient (Wildman–Crippen LogP) is 4.69. The third-order valence-electron chi connectivity index (χ3n) is 6.90. The van der Waals surface area contributed by atoms with Crippen molar-refractivity contribution in [2.45, 2.75) is 65.3 Å². The molecule has 11 heteroatoms. The number of rotatable bonds is 15. The summed E-state index contributed by atoms with van der Waals surface area (Å²) in [6, 6.07) is 8.85. The summed E-state index contributed by atoms with van der Waals surface area (Å²) >= 11 is 0. The fourth-order valence-corrected chi connectivity index (χ4v) is 4.72. The second-order valence-corrected chi connectivity index (χ2v) is 11.2. The molecular formula is C32H40N4O7. The number of ether oxygens (including phenoxy) is 3. The van der Waals surface area contributed by atoms with Gasteiger partial charge in [0.25, 0.3) is 5.91 Å². The summed E-state index contributed by atoms with van der Waals surface area (Å²) in [5.41, 5.74) is 2.34. The van der Waals surface area contributed by atoms with Crippen LogP contribution in [-0.2, 0) is 16.8 Å². The first kappa shape index (κ1) is 32.9. The number of carboxylic acids is 1. The maximum absolute atomic E-state index is 13.7. The Labute approximate surface area is 252 Å². The molecule has 43 heavy (non-hydrogen) atoms. The van der Waals surface area contributed by atoms with E-state index < -0.39 is 11.4 Å². The molecule has 0 saturated heterocycles. The number of carbonyl (C=O) groups excluding carboxylic acids is 2. The van der Waals surface area contributed by atoms with Crippen LogP contribution in [0.1, 0.15) is 90.8 Å². The van der Waals surface area contributed by atoms with Gasteiger partial charge in [-0.15, -0.1) is 0 Å². The lowest BCUT2D eigenvalue weighted by molar-refractivity contribution is -0.137. The molecule has 1 aliphatic rings. The Morgan fingerprint density at radius 1 is 1.07 bits per heavy atom. The van der Waals surface area contributed by atoms with Crippen molar-refractivity contribution in [2.24, 2.45) is 0 Å². The number of nitrogens with zero attached hydrogens (tertiary/aromatic N) is 2. The van der Waals surface area contributed by atoms with Crippen LogP contribution in [-0.4, -0.2) is 66.9 Å². The molecule has 0 bridgehead atoms. The van der Waals surface area contributed by atoms with Gasteiger partial charge in [0.15, 0.2) is 17.3 Å². The molecule has 2 aromatic carbocycles. The highest BCUT2D eigenvalue weighted by Crippen LogP contribution is 2.41. The number of carboxylic acid groups (broad SMARTS) is 1. The Morgan fingerprint density at radius 2 is 1.79 bits per heavy atom. The van der Waals surface area contributed by atoms with Gasteiger partial charge in [-0.2, -0.15) is 5.26 Å². The number of hydrogen-bond donors (Lipinski definition) is 3. The van der Waals surface area contributed by atoms with Gasteiger partial charge in [-0.1, -0.05) is 20.8 Å². The van der Waals surface area contributed by atoms with Gasteiger partial charge in [0, 0.05) is 43.1 Å². The number of aliphatic carboxylic acids is 1. The average Bonchev–Trinajstić information content (AvgIpc) is 3.25. The van der Waals surface area contributed by atoms with Crippen molar-refractivity contribution in [3.63, 3.8) is 0 Å². The number of ketones is 1. The van der Waals surface area contributed by atoms with Crippen LogP contribution in [0, 0.1) is 16.7 Å². The van der Waals surface area contributed by atoms with E-state index in [-0.39, 0.29) is 50.1 Å². The lowest BCUT2D eigenvalue weighted by Gasteiger charge is -2.26. The van der Waals surface area contributed by atoms with E-state index in [2.05, 4.69) is 11.4 Å². The predicted molar refractivity (Wildman–Crippen MR) is 160 cm³/mol. The number of unbranched alkanes of at least 4 members (excludes halogenated alkanes) is 1. The van der Waals surface area contributed by atoms with Gasteiger partial charge in [0.2, 0.25) is 0 Å². The SMILES string of the molecule is CCOc1cc2c(cc1C(=O)NC)C(=N)N(CC(=O)c1cc(OCCCC(=O)O)c(OCCCC#N)c(C(C)(C)C)c1)C2. The van der Waals surface area contributed by atoms with Gasteiger partial charge in [-0.05, 0) is 55.0 Å². The lowest BCUT2D eigenvalue weighted by Crippen LogP contribution is -2.30. The van der Waals surface area contributed by atoms with Gasteiger partial charge in [-0.25, -0.2) is 0 Å². The molecule has 3 rings (SSSR count). The molecule has 1 heterocycles. The van der Waals surface area contributed by atoms with E-state index in [9.17, 15) is 14.4 Å². The van der Waals surface area contributed by atoms with E-state index in [1.807, 2.05) is 27.7 Å². The van der Waals surface area contributed by atoms with Crippen molar-refractivity contribution in [3.05, 3.63) is 52.1 Å². The first-order valence-electron chi connectivity index (χ1n) is 14.3. The van der Waals surface area contributed by atoms with Crippen molar-refractivity contribution in [3.8, 4) is 23.3 Å². The monoisotopic (exact) mass is 592 g/mol. The average molecular weight is 593 g/mol. The van der Waals surface area contributed by atoms with Crippen LogP contribution in [0.4, 0.5) is 0 Å². The van der Waals surface area contributed by atoms with Gasteiger partial charge >= 0.3 is 5.97 Å². The standard InChI is InChI=1S/C32H40N4O7/c1-6-41-26-16-21-18-36(30(34)22(21)17-23(26)31(40)35-5)19-25(37)20-14-24(32(2,3)4)29(43-12-8-7-11-33)27(15-20)42-13-9-10-28(38)39/h14-17,34H,6-10,12-13,18-19H2,1-5H3,(H,35,40)(H,38,39). The van der Waals surface area contributed by atoms with Crippen LogP contribution in [0.15, 0.2) is 24.3 Å². The van der Waals surface area contributed by atoms with Gasteiger partial charge < -0.3 is 29.5 Å². The van der Waals surface area contributed by atoms with E-state index in [1.165, 1.54) is 7.05 Å². The van der Waals surface area contributed by atoms with Crippen molar-refractivity contribution in [1.82, 2.24) is 10.2 Å². The topological polar surface area (TPSA) is 162 Å². The van der Waals surface area contributed by atoms with Crippen LogP contribution in [0.2, 0.25) is 0 Å². The summed E-state index contributed by atoms with van der Waals surface area (Å²) < 4.78 is 17.7. The molecule has 0 fully saturated rings. The molecule has 0 atom stereocenters. The van der Waals surface area contributed by atoms with Crippen molar-refractivity contribution in [2.75, 3.05) is 33.4 Å². The molecule has 230 valence electrons. The molecule has 0 spiro atoms. The van der Waals surface area contributed by atoms with E-state index >= 15 is 0 Å². The molecule has 0 aliphatic carbocycles. The Bertz CT molecular complexity index is 1420. The van der Waals surface area contributed by atoms with Crippen molar-refractivity contribution < 1.29 is 33.7 Å². The smallest absolute Gasteiger partial charge is 0.303 e. The first-order chi connectivity index (χ1) is 20.4. The molecular weight excluding hydrogens is 552 g/mol. The molecule has 0 saturated carbocycles. The summed E-state index contributed by atoms with van der Waals surface area (Å²) in [7, 11) is 1.53. The lowest BCUT2D eigenvalue weighted by atomic mass is 9.84. The Kier molecular flexibility index (Phi) is 11.1. The molecule has 0 radical (unpaired) electrons. The van der Waals surface area contributed by atoms with Crippen LogP contribution in [0.5, 0.6) is 17.2 Å². The van der Waals surface area contributed by atoms with Crippen LogP contribution in [0.3, 0.4) is 0 Å². The summed E-state index contributed by atoms with van der Waals surface area (Å²) in [6.07, 6.45) is 1.06. The normalized spacial score (nSPS) is 12.4. The van der Waals surface area contributed by atoms with Gasteiger partial charge in [-0.3, -0.25) is 19.8 Å². The second kappa shape index (κ2) is 14.5. The fourth-order valence-electron chi connectivity index (χ4n) is 4.72. The molecule has 1 amide bonds. The summed E-state index contributed by atoms with van der Waals surface area (Å²) in [5, 5.41) is 29.3. The third kappa shape index (κ3) is 8.25. The first-order valence-corrected chi connectivity index (χ1v) is 14.3. The zero-order chi connectivity index (χ0) is 31.7. The van der Waals surface area contributed by atoms with E-state index in [1.54, 1.807) is 29.2 Å². The maximum atomic E-state index is 13.7. The van der Waals surface area contributed by atoms with E-state index in [0.29, 0.717) is 59.9 Å². The number of benzene rings is 2. The molecule has 0 unspecified atom stereocenters. The summed E-state index contributed by atoms with van der Waals surface area (Å²) in [5.74, 6) is -0.152. The van der Waals surface area contributed by atoms with Crippen molar-refractivity contribution >= 4 is 23.5 Å². The zero-order valence-corrected chi connectivity index (χ0v) is 25.5. The second-order valence-electron chi connectivity index (χ2n) is 11.2. The van der Waals surface area contributed by atoms with Gasteiger partial charge in [0.05, 0.1) is 38.0 Å². The van der Waals surface area contributed by atoms with Crippen LogP contribution >= 0.6 is 0 Å².